The van der Waals surface area contributed by atoms with Gasteiger partial charge in [-0.15, -0.1) is 0 Å². The van der Waals surface area contributed by atoms with Crippen molar-refractivity contribution >= 4 is 39.5 Å². The number of ether oxygens (including phenoxy) is 4. The van der Waals surface area contributed by atoms with E-state index in [0.29, 0.717) is 25.7 Å². The summed E-state index contributed by atoms with van der Waals surface area (Å²) in [6.45, 7) is 12.0. The van der Waals surface area contributed by atoms with Crippen molar-refractivity contribution in [3.63, 3.8) is 0 Å². The summed E-state index contributed by atoms with van der Waals surface area (Å²) in [5.74, 6) is 0.211. The highest BCUT2D eigenvalue weighted by Crippen LogP contribution is 2.45. The van der Waals surface area contributed by atoms with Gasteiger partial charge in [-0.1, -0.05) is 395 Å². The molecular formula is C85H166O17P2. The van der Waals surface area contributed by atoms with E-state index in [1.165, 1.54) is 257 Å². The van der Waals surface area contributed by atoms with Crippen molar-refractivity contribution < 1.29 is 80.2 Å². The second-order valence-electron chi connectivity index (χ2n) is 32.0. The number of carbonyl (C=O) groups excluding carboxylic acids is 4. The largest absolute Gasteiger partial charge is 0.472 e. The number of unbranched alkanes of at least 4 members (excludes halogenated alkanes) is 51. The normalized spacial score (nSPS) is 13.9. The van der Waals surface area contributed by atoms with Crippen LogP contribution in [0.1, 0.15) is 447 Å². The van der Waals surface area contributed by atoms with Crippen LogP contribution >= 0.6 is 15.6 Å². The average Bonchev–Trinajstić information content (AvgIpc) is 0.925. The van der Waals surface area contributed by atoms with E-state index in [2.05, 4.69) is 48.5 Å². The fourth-order valence-electron chi connectivity index (χ4n) is 13.2. The van der Waals surface area contributed by atoms with Crippen LogP contribution in [-0.4, -0.2) is 96.7 Å². The Hall–Kier alpha value is -1.94. The quantitative estimate of drug-likeness (QED) is 0.0222. The molecule has 0 spiro atoms. The molecule has 104 heavy (non-hydrogen) atoms. The average molecular weight is 1520 g/mol. The van der Waals surface area contributed by atoms with Crippen molar-refractivity contribution in [1.29, 1.82) is 0 Å². The van der Waals surface area contributed by atoms with Gasteiger partial charge in [0, 0.05) is 25.7 Å². The first-order valence-corrected chi connectivity index (χ1v) is 46.8. The van der Waals surface area contributed by atoms with Gasteiger partial charge in [-0.25, -0.2) is 9.13 Å². The van der Waals surface area contributed by atoms with Gasteiger partial charge in [0.1, 0.15) is 19.3 Å². The Labute approximate surface area is 638 Å². The molecule has 17 nitrogen and oxygen atoms in total. The second kappa shape index (κ2) is 75.1. The predicted octanol–water partition coefficient (Wildman–Crippen LogP) is 25.7. The molecule has 0 rings (SSSR count). The van der Waals surface area contributed by atoms with Gasteiger partial charge in [-0.05, 0) is 43.4 Å². The molecule has 0 aromatic rings. The number of hydrogen-bond acceptors (Lipinski definition) is 15. The minimum Gasteiger partial charge on any atom is -0.462 e. The van der Waals surface area contributed by atoms with E-state index >= 15 is 0 Å². The zero-order valence-electron chi connectivity index (χ0n) is 68.5. The molecule has 0 radical (unpaired) electrons. The molecule has 19 heteroatoms. The molecule has 0 aliphatic heterocycles. The molecule has 0 aliphatic carbocycles. The van der Waals surface area contributed by atoms with Crippen LogP contribution in [0.25, 0.3) is 0 Å². The van der Waals surface area contributed by atoms with Gasteiger partial charge in [-0.2, -0.15) is 0 Å². The molecular weight excluding hydrogens is 1350 g/mol. The zero-order chi connectivity index (χ0) is 76.5. The first-order chi connectivity index (χ1) is 50.2. The van der Waals surface area contributed by atoms with Crippen LogP contribution in [0.5, 0.6) is 0 Å². The van der Waals surface area contributed by atoms with E-state index in [1.54, 1.807) is 0 Å². The minimum atomic E-state index is -4.97. The summed E-state index contributed by atoms with van der Waals surface area (Å²) in [7, 11) is -9.93. The molecule has 0 aromatic carbocycles. The Kier molecular flexibility index (Phi) is 73.7. The molecule has 5 atom stereocenters. The zero-order valence-corrected chi connectivity index (χ0v) is 70.3. The monoisotopic (exact) mass is 1520 g/mol. The van der Waals surface area contributed by atoms with Crippen LogP contribution in [-0.2, 0) is 65.4 Å². The van der Waals surface area contributed by atoms with E-state index in [1.807, 2.05) is 0 Å². The maximum atomic E-state index is 13.1. The Bertz CT molecular complexity index is 2010. The van der Waals surface area contributed by atoms with E-state index in [9.17, 15) is 43.2 Å². The van der Waals surface area contributed by atoms with Gasteiger partial charge in [0.2, 0.25) is 0 Å². The molecule has 0 fully saturated rings. The molecule has 0 bridgehead atoms. The molecule has 0 aromatic heterocycles. The van der Waals surface area contributed by atoms with E-state index < -0.39 is 97.5 Å². The van der Waals surface area contributed by atoms with Gasteiger partial charge < -0.3 is 33.8 Å². The summed E-state index contributed by atoms with van der Waals surface area (Å²) in [5.41, 5.74) is 0. The maximum Gasteiger partial charge on any atom is 0.472 e. The first-order valence-electron chi connectivity index (χ1n) is 43.8. The minimum absolute atomic E-state index is 0.106. The number of phosphoric acid groups is 2. The van der Waals surface area contributed by atoms with Gasteiger partial charge in [0.25, 0.3) is 0 Å². The third-order valence-corrected chi connectivity index (χ3v) is 21.8. The van der Waals surface area contributed by atoms with Crippen LogP contribution < -0.4 is 0 Å². The highest BCUT2D eigenvalue weighted by atomic mass is 31.2. The lowest BCUT2D eigenvalue weighted by molar-refractivity contribution is -0.161. The van der Waals surface area contributed by atoms with Crippen LogP contribution in [0.2, 0.25) is 0 Å². The summed E-state index contributed by atoms with van der Waals surface area (Å²) in [6.07, 6.45) is 65.3. The van der Waals surface area contributed by atoms with Crippen LogP contribution in [0.4, 0.5) is 0 Å². The fourth-order valence-corrected chi connectivity index (χ4v) is 14.8. The number of carbonyl (C=O) groups is 4. The smallest absolute Gasteiger partial charge is 0.462 e. The molecule has 3 N–H and O–H groups in total. The van der Waals surface area contributed by atoms with Crippen molar-refractivity contribution in [1.82, 2.24) is 0 Å². The van der Waals surface area contributed by atoms with Crippen LogP contribution in [0.15, 0.2) is 0 Å². The first kappa shape index (κ1) is 102. The predicted molar refractivity (Wildman–Crippen MR) is 428 cm³/mol. The molecule has 0 saturated heterocycles. The lowest BCUT2D eigenvalue weighted by Crippen LogP contribution is -2.30. The maximum absolute atomic E-state index is 13.1. The van der Waals surface area contributed by atoms with E-state index in [0.717, 1.165) is 108 Å². The van der Waals surface area contributed by atoms with Crippen LogP contribution in [0.3, 0.4) is 0 Å². The topological polar surface area (TPSA) is 237 Å². The van der Waals surface area contributed by atoms with Crippen molar-refractivity contribution in [2.24, 2.45) is 17.8 Å². The van der Waals surface area contributed by atoms with Gasteiger partial charge in [-0.3, -0.25) is 37.3 Å². The highest BCUT2D eigenvalue weighted by Gasteiger charge is 2.30. The Morgan fingerprint density at radius 2 is 0.442 bits per heavy atom. The fraction of sp³-hybridized carbons (Fsp3) is 0.953. The van der Waals surface area contributed by atoms with Gasteiger partial charge in [0.15, 0.2) is 12.2 Å². The third-order valence-electron chi connectivity index (χ3n) is 19.9. The number of aliphatic hydroxyl groups excluding tert-OH is 1. The highest BCUT2D eigenvalue weighted by molar-refractivity contribution is 7.47. The molecule has 0 amide bonds. The Morgan fingerprint density at radius 1 is 0.260 bits per heavy atom. The second-order valence-corrected chi connectivity index (χ2v) is 34.9. The van der Waals surface area contributed by atoms with Crippen molar-refractivity contribution in [2.45, 2.75) is 465 Å². The van der Waals surface area contributed by atoms with E-state index in [4.69, 9.17) is 37.0 Å². The van der Waals surface area contributed by atoms with Crippen molar-refractivity contribution in [2.75, 3.05) is 39.6 Å². The molecule has 0 saturated carbocycles. The van der Waals surface area contributed by atoms with Crippen molar-refractivity contribution in [3.05, 3.63) is 0 Å². The number of rotatable bonds is 83. The number of phosphoric ester groups is 2. The Morgan fingerprint density at radius 3 is 0.654 bits per heavy atom. The Balaban J connectivity index is 5.25. The summed E-state index contributed by atoms with van der Waals surface area (Å²) in [5, 5.41) is 10.7. The molecule has 2 unspecified atom stereocenters. The number of aliphatic hydroxyl groups is 1. The lowest BCUT2D eigenvalue weighted by Gasteiger charge is -2.21. The molecule has 618 valence electrons. The summed E-state index contributed by atoms with van der Waals surface area (Å²) in [4.78, 5) is 73.2. The van der Waals surface area contributed by atoms with Gasteiger partial charge in [0.05, 0.1) is 26.4 Å². The number of esters is 4. The SMILES string of the molecule is CCCCCCCCCCCCCCCCCCCCCCC(=O)O[C@H](COC(=O)CCCCCCCCCCCCCCCCCC(C)C)COP(=O)(O)OC[C@@H](O)COP(=O)(O)OC[C@@H](COC(=O)CCCCCCCCCCCCC(C)C)OC(=O)CCCCCCCCCCCCC(C)C. The third kappa shape index (κ3) is 78.2. The number of hydrogen-bond donors (Lipinski definition) is 3. The standard InChI is InChI=1S/C85H166O17P2/c1-8-9-10-11-12-13-14-15-16-17-18-19-20-23-27-30-40-47-54-61-68-84(89)101-80(72-95-82(87)66-59-52-45-38-29-26-24-21-22-25-28-35-42-49-56-63-76(2)3)74-99-103(91,92)97-70-79(86)71-98-104(93,94)100-75-81(102-85(90)69-62-55-48-41-34-32-37-44-51-58-65-78(6)7)73-96-83(88)67-60-53-46-39-33-31-36-43-50-57-64-77(4)5/h76-81,86H,8-75H2,1-7H3,(H,91,92)(H,93,94)/t79-,80-,81-/m1/s1. The summed E-state index contributed by atoms with van der Waals surface area (Å²) < 4.78 is 68.9. The summed E-state index contributed by atoms with van der Waals surface area (Å²) in [6, 6.07) is 0. The summed E-state index contributed by atoms with van der Waals surface area (Å²) >= 11 is 0. The van der Waals surface area contributed by atoms with Crippen molar-refractivity contribution in [3.8, 4) is 0 Å². The molecule has 0 heterocycles. The van der Waals surface area contributed by atoms with Gasteiger partial charge >= 0.3 is 39.5 Å². The molecule has 0 aliphatic rings. The lowest BCUT2D eigenvalue weighted by atomic mass is 10.0. The van der Waals surface area contributed by atoms with E-state index in [-0.39, 0.29) is 25.7 Å². The van der Waals surface area contributed by atoms with Crippen LogP contribution in [0, 0.1) is 17.8 Å².